The molecule has 0 radical (unpaired) electrons. The topological polar surface area (TPSA) is 62.3 Å². The molecule has 0 unspecified atom stereocenters. The van der Waals surface area contributed by atoms with Crippen LogP contribution in [0.5, 0.6) is 5.75 Å². The molecule has 0 aliphatic carbocycles. The average Bonchev–Trinajstić information content (AvgIpc) is 2.95. The molecule has 3 aromatic rings. The van der Waals surface area contributed by atoms with Gasteiger partial charge in [-0.1, -0.05) is 32.0 Å². The summed E-state index contributed by atoms with van der Waals surface area (Å²) in [5.74, 6) is 0.810. The lowest BCUT2D eigenvalue weighted by molar-refractivity contribution is 0.0293. The third-order valence-electron chi connectivity index (χ3n) is 5.42. The molecule has 7 nitrogen and oxygen atoms in total. The number of morpholine rings is 1. The maximum absolute atomic E-state index is 5.83. The summed E-state index contributed by atoms with van der Waals surface area (Å²) in [5.41, 5.74) is 4.24. The Morgan fingerprint density at radius 1 is 0.861 bits per heavy atom. The molecule has 0 N–H and O–H groups in total. The number of nitrogens with zero attached hydrogens (tertiary/aromatic N) is 2. The van der Waals surface area contributed by atoms with Gasteiger partial charge >= 0.3 is 0 Å². The van der Waals surface area contributed by atoms with Crippen molar-refractivity contribution in [1.82, 2.24) is 4.98 Å². The quantitative estimate of drug-likeness (QED) is 0.127. The van der Waals surface area contributed by atoms with Crippen molar-refractivity contribution < 1.29 is 23.1 Å². The fraction of sp³-hybridized carbons (Fsp3) is 0.444. The molecule has 1 aliphatic heterocycles. The summed E-state index contributed by atoms with van der Waals surface area (Å²) in [6, 6.07) is 18.7. The van der Waals surface area contributed by atoms with Gasteiger partial charge in [0, 0.05) is 50.9 Å². The SMILES string of the molecule is CC.ISOCCOCCOCCOc1ccc2nc(-c3ccc(N4CCOCC4)cc3)ccc2c1. The molecule has 2 aromatic carbocycles. The first-order valence-corrected chi connectivity index (χ1v) is 15.6. The molecule has 0 atom stereocenters. The minimum Gasteiger partial charge on any atom is -0.491 e. The molecule has 1 aliphatic rings. The molecule has 2 heterocycles. The number of ether oxygens (including phenoxy) is 4. The number of fused-ring (bicyclic) bond motifs is 1. The maximum atomic E-state index is 5.83. The third-order valence-corrected chi connectivity index (χ3v) is 6.44. The largest absolute Gasteiger partial charge is 0.491 e. The summed E-state index contributed by atoms with van der Waals surface area (Å²) < 4.78 is 27.3. The van der Waals surface area contributed by atoms with Crippen LogP contribution in [0.1, 0.15) is 13.8 Å². The van der Waals surface area contributed by atoms with Crippen molar-refractivity contribution in [2.45, 2.75) is 13.8 Å². The summed E-state index contributed by atoms with van der Waals surface area (Å²) in [4.78, 5) is 7.20. The predicted octanol–water partition coefficient (Wildman–Crippen LogP) is 6.19. The lowest BCUT2D eigenvalue weighted by atomic mass is 10.1. The van der Waals surface area contributed by atoms with Crippen molar-refractivity contribution >= 4 is 47.0 Å². The first-order valence-electron chi connectivity index (χ1n) is 12.4. The number of pyridine rings is 1. The maximum Gasteiger partial charge on any atom is 0.120 e. The zero-order chi connectivity index (χ0) is 25.4. The highest BCUT2D eigenvalue weighted by Gasteiger charge is 2.11. The number of hydrogen-bond acceptors (Lipinski definition) is 8. The van der Waals surface area contributed by atoms with Gasteiger partial charge in [0.15, 0.2) is 0 Å². The van der Waals surface area contributed by atoms with Crippen molar-refractivity contribution in [3.8, 4) is 17.0 Å². The summed E-state index contributed by atoms with van der Waals surface area (Å²) in [7, 11) is 1.31. The second-order valence-electron chi connectivity index (χ2n) is 7.66. The van der Waals surface area contributed by atoms with Gasteiger partial charge in [-0.15, -0.1) is 0 Å². The Labute approximate surface area is 230 Å². The van der Waals surface area contributed by atoms with Crippen LogP contribution in [0.15, 0.2) is 54.6 Å². The van der Waals surface area contributed by atoms with Crippen LogP contribution in [0.25, 0.3) is 22.2 Å². The van der Waals surface area contributed by atoms with Gasteiger partial charge in [0.05, 0.1) is 66.7 Å². The van der Waals surface area contributed by atoms with E-state index < -0.39 is 0 Å². The van der Waals surface area contributed by atoms with E-state index in [1.54, 1.807) is 0 Å². The molecular formula is C27H35IN2O5S. The first kappa shape index (κ1) is 28.9. The Balaban J connectivity index is 0.00000176. The molecule has 9 heteroatoms. The second kappa shape index (κ2) is 17.0. The van der Waals surface area contributed by atoms with E-state index in [4.69, 9.17) is 28.1 Å². The number of halogens is 1. The van der Waals surface area contributed by atoms with Crippen LogP contribution in [0.3, 0.4) is 0 Å². The molecular weight excluding hydrogens is 591 g/mol. The van der Waals surface area contributed by atoms with Crippen LogP contribution in [-0.4, -0.2) is 70.9 Å². The van der Waals surface area contributed by atoms with Gasteiger partial charge < -0.3 is 28.0 Å². The van der Waals surface area contributed by atoms with E-state index in [0.717, 1.165) is 54.2 Å². The lowest BCUT2D eigenvalue weighted by Crippen LogP contribution is -2.36. The normalized spacial score (nSPS) is 13.4. The zero-order valence-corrected chi connectivity index (χ0v) is 24.0. The first-order chi connectivity index (χ1) is 17.8. The van der Waals surface area contributed by atoms with E-state index in [1.807, 2.05) is 32.0 Å². The number of hydrogen-bond donors (Lipinski definition) is 0. The smallest absolute Gasteiger partial charge is 0.120 e. The van der Waals surface area contributed by atoms with E-state index in [1.165, 1.54) is 14.9 Å². The standard InChI is InChI=1S/C25H29IN2O5S.C2H6/c26-34-33-18-16-31-14-13-30-15-17-32-23-6-8-25-21(19-23)3-7-24(27-25)20-1-4-22(5-2-20)28-9-11-29-12-10-28;1-2/h1-8,19H,9-18H2;1-2H3. The Hall–Kier alpha value is -1.63. The second-order valence-corrected chi connectivity index (χ2v) is 9.10. The van der Waals surface area contributed by atoms with Gasteiger partial charge in [-0.3, -0.25) is 0 Å². The van der Waals surface area contributed by atoms with E-state index >= 15 is 0 Å². The van der Waals surface area contributed by atoms with Gasteiger partial charge in [0.2, 0.25) is 0 Å². The summed E-state index contributed by atoms with van der Waals surface area (Å²) in [5, 5.41) is 1.05. The summed E-state index contributed by atoms with van der Waals surface area (Å²) in [6.45, 7) is 10.7. The van der Waals surface area contributed by atoms with Gasteiger partial charge in [0.1, 0.15) is 12.4 Å². The molecule has 0 amide bonds. The van der Waals surface area contributed by atoms with E-state index in [-0.39, 0.29) is 0 Å². The van der Waals surface area contributed by atoms with Crippen LogP contribution in [-0.2, 0) is 18.4 Å². The van der Waals surface area contributed by atoms with Crippen LogP contribution in [0.2, 0.25) is 0 Å². The average molecular weight is 627 g/mol. The van der Waals surface area contributed by atoms with Crippen LogP contribution in [0.4, 0.5) is 5.69 Å². The molecule has 0 bridgehead atoms. The minimum absolute atomic E-state index is 0.487. The molecule has 0 spiro atoms. The molecule has 1 fully saturated rings. The van der Waals surface area contributed by atoms with E-state index in [0.29, 0.717) is 39.6 Å². The molecule has 1 aromatic heterocycles. The van der Waals surface area contributed by atoms with Gasteiger partial charge in [-0.2, -0.15) is 0 Å². The Bertz CT molecular complexity index is 1020. The third kappa shape index (κ3) is 9.35. The van der Waals surface area contributed by atoms with Crippen molar-refractivity contribution in [3.63, 3.8) is 0 Å². The number of rotatable bonds is 13. The molecule has 36 heavy (non-hydrogen) atoms. The van der Waals surface area contributed by atoms with E-state index in [2.05, 4.69) is 62.5 Å². The molecule has 1 saturated heterocycles. The zero-order valence-electron chi connectivity index (χ0n) is 21.0. The number of anilines is 1. The van der Waals surface area contributed by atoms with Crippen LogP contribution < -0.4 is 9.64 Å². The van der Waals surface area contributed by atoms with Crippen molar-refractivity contribution in [3.05, 3.63) is 54.6 Å². The van der Waals surface area contributed by atoms with Crippen molar-refractivity contribution in [2.24, 2.45) is 0 Å². The van der Waals surface area contributed by atoms with Gasteiger partial charge in [-0.05, 0) is 36.4 Å². The monoisotopic (exact) mass is 626 g/mol. The Morgan fingerprint density at radius 3 is 2.28 bits per heavy atom. The Kier molecular flexibility index (Phi) is 13.7. The highest BCUT2D eigenvalue weighted by Crippen LogP contribution is 2.26. The van der Waals surface area contributed by atoms with Crippen LogP contribution >= 0.6 is 30.4 Å². The van der Waals surface area contributed by atoms with Gasteiger partial charge in [-0.25, -0.2) is 4.98 Å². The van der Waals surface area contributed by atoms with E-state index in [9.17, 15) is 0 Å². The van der Waals surface area contributed by atoms with Crippen molar-refractivity contribution in [2.75, 3.05) is 70.8 Å². The minimum atomic E-state index is 0.487. The van der Waals surface area contributed by atoms with Crippen molar-refractivity contribution in [1.29, 1.82) is 0 Å². The van der Waals surface area contributed by atoms with Crippen LogP contribution in [0, 0.1) is 0 Å². The highest BCUT2D eigenvalue weighted by molar-refractivity contribution is 14.2. The number of aromatic nitrogens is 1. The predicted molar refractivity (Wildman–Crippen MR) is 156 cm³/mol. The lowest BCUT2D eigenvalue weighted by Gasteiger charge is -2.28. The molecule has 196 valence electrons. The highest BCUT2D eigenvalue weighted by atomic mass is 127. The number of benzene rings is 2. The fourth-order valence-electron chi connectivity index (χ4n) is 3.68. The summed E-state index contributed by atoms with van der Waals surface area (Å²) >= 11 is 2.08. The molecule has 4 rings (SSSR count). The Morgan fingerprint density at radius 2 is 1.56 bits per heavy atom. The van der Waals surface area contributed by atoms with Gasteiger partial charge in [0.25, 0.3) is 0 Å². The molecule has 0 saturated carbocycles. The summed E-state index contributed by atoms with van der Waals surface area (Å²) in [6.07, 6.45) is 0. The fourth-order valence-corrected chi connectivity index (χ4v) is 4.35.